The van der Waals surface area contributed by atoms with Gasteiger partial charge in [-0.25, -0.2) is 0 Å². The van der Waals surface area contributed by atoms with Crippen LogP contribution in [0.4, 0.5) is 5.69 Å². The molecule has 0 saturated carbocycles. The number of thioether (sulfide) groups is 1. The molecule has 156 valence electrons. The van der Waals surface area contributed by atoms with Crippen LogP contribution >= 0.6 is 34.4 Å². The number of hydrogen-bond acceptors (Lipinski definition) is 4. The van der Waals surface area contributed by atoms with Crippen molar-refractivity contribution >= 4 is 45.9 Å². The van der Waals surface area contributed by atoms with E-state index >= 15 is 0 Å². The van der Waals surface area contributed by atoms with Crippen molar-refractivity contribution in [3.8, 4) is 0 Å². The highest BCUT2D eigenvalue weighted by atomic mass is 127. The number of hydrogen-bond donors (Lipinski definition) is 1. The van der Waals surface area contributed by atoms with Crippen LogP contribution in [0.25, 0.3) is 0 Å². The molecular formula is C23H25IN4OS. The summed E-state index contributed by atoms with van der Waals surface area (Å²) >= 11 is 3.68. The summed E-state index contributed by atoms with van der Waals surface area (Å²) in [6.07, 6.45) is 2.51. The van der Waals surface area contributed by atoms with E-state index in [1.165, 1.54) is 17.3 Å². The number of rotatable bonds is 9. The van der Waals surface area contributed by atoms with Crippen molar-refractivity contribution in [2.45, 2.75) is 37.9 Å². The first kappa shape index (κ1) is 22.6. The van der Waals surface area contributed by atoms with E-state index in [1.54, 1.807) is 0 Å². The predicted octanol–water partition coefficient (Wildman–Crippen LogP) is 5.51. The first-order valence-electron chi connectivity index (χ1n) is 9.77. The maximum absolute atomic E-state index is 12.6. The normalized spacial score (nSPS) is 10.9. The van der Waals surface area contributed by atoms with Crippen LogP contribution in [0.3, 0.4) is 0 Å². The molecule has 0 spiro atoms. The van der Waals surface area contributed by atoms with Gasteiger partial charge < -0.3 is 9.88 Å². The lowest BCUT2D eigenvalue weighted by Gasteiger charge is -2.14. The number of carbonyl (C=O) groups excluding carboxylic acids is 1. The second-order valence-corrected chi connectivity index (χ2v) is 9.37. The molecular weight excluding hydrogens is 507 g/mol. The Kier molecular flexibility index (Phi) is 8.09. The van der Waals surface area contributed by atoms with Gasteiger partial charge in [-0.15, -0.1) is 16.8 Å². The number of amides is 1. The monoisotopic (exact) mass is 532 g/mol. The smallest absolute Gasteiger partial charge is 0.234 e. The number of aromatic nitrogens is 3. The lowest BCUT2D eigenvalue weighted by atomic mass is 10.0. The summed E-state index contributed by atoms with van der Waals surface area (Å²) in [5.74, 6) is 1.41. The van der Waals surface area contributed by atoms with Crippen molar-refractivity contribution < 1.29 is 4.79 Å². The topological polar surface area (TPSA) is 59.8 Å². The Balaban J connectivity index is 1.68. The Bertz CT molecular complexity index is 1020. The van der Waals surface area contributed by atoms with Gasteiger partial charge in [0.15, 0.2) is 5.16 Å². The van der Waals surface area contributed by atoms with Gasteiger partial charge in [-0.3, -0.25) is 4.79 Å². The van der Waals surface area contributed by atoms with Gasteiger partial charge in [-0.05, 0) is 57.8 Å². The standard InChI is InChI=1S/C23H25IN4OS/c1-4-12-28-21(13-17-8-6-5-7-9-17)26-27-23(28)30-15-22(29)25-20-11-10-18(24)14-19(20)16(2)3/h4-11,14,16H,1,12-13,15H2,2-3H3,(H,25,29). The first-order valence-corrected chi connectivity index (χ1v) is 11.8. The minimum atomic E-state index is -0.0547. The second kappa shape index (κ2) is 10.8. The summed E-state index contributed by atoms with van der Waals surface area (Å²) in [6, 6.07) is 16.3. The van der Waals surface area contributed by atoms with Gasteiger partial charge in [0, 0.05) is 22.2 Å². The largest absolute Gasteiger partial charge is 0.325 e. The third kappa shape index (κ3) is 5.95. The molecule has 0 atom stereocenters. The van der Waals surface area contributed by atoms with E-state index in [0.29, 0.717) is 18.9 Å². The van der Waals surface area contributed by atoms with Gasteiger partial charge in [-0.2, -0.15) is 0 Å². The van der Waals surface area contributed by atoms with Crippen LogP contribution in [-0.4, -0.2) is 26.4 Å². The zero-order valence-corrected chi connectivity index (χ0v) is 20.1. The first-order chi connectivity index (χ1) is 14.5. The summed E-state index contributed by atoms with van der Waals surface area (Å²) in [7, 11) is 0. The molecule has 0 aliphatic rings. The van der Waals surface area contributed by atoms with Gasteiger partial charge in [-0.1, -0.05) is 62.0 Å². The van der Waals surface area contributed by atoms with Crippen LogP contribution in [0.5, 0.6) is 0 Å². The number of allylic oxidation sites excluding steroid dienone is 1. The molecule has 3 rings (SSSR count). The number of halogens is 1. The molecule has 30 heavy (non-hydrogen) atoms. The van der Waals surface area contributed by atoms with Crippen molar-refractivity contribution in [1.82, 2.24) is 14.8 Å². The zero-order chi connectivity index (χ0) is 21.5. The fourth-order valence-corrected chi connectivity index (χ4v) is 4.37. The lowest BCUT2D eigenvalue weighted by Crippen LogP contribution is -2.16. The van der Waals surface area contributed by atoms with Crippen LogP contribution in [0.1, 0.15) is 36.7 Å². The third-order valence-electron chi connectivity index (χ3n) is 4.55. The van der Waals surface area contributed by atoms with E-state index in [2.05, 4.69) is 76.7 Å². The second-order valence-electron chi connectivity index (χ2n) is 7.18. The van der Waals surface area contributed by atoms with Crippen molar-refractivity contribution in [1.29, 1.82) is 0 Å². The molecule has 0 unspecified atom stereocenters. The Morgan fingerprint density at radius 2 is 2.00 bits per heavy atom. The van der Waals surface area contributed by atoms with Gasteiger partial charge >= 0.3 is 0 Å². The highest BCUT2D eigenvalue weighted by Gasteiger charge is 2.15. The Hall–Kier alpha value is -2.13. The minimum Gasteiger partial charge on any atom is -0.325 e. The molecule has 0 radical (unpaired) electrons. The molecule has 7 heteroatoms. The molecule has 1 N–H and O–H groups in total. The summed E-state index contributed by atoms with van der Waals surface area (Å²) in [6.45, 7) is 8.70. The molecule has 5 nitrogen and oxygen atoms in total. The Labute approximate surface area is 195 Å². The van der Waals surface area contributed by atoms with E-state index in [0.717, 1.165) is 25.8 Å². The quantitative estimate of drug-likeness (QED) is 0.224. The van der Waals surface area contributed by atoms with Crippen LogP contribution in [0.15, 0.2) is 66.3 Å². The molecule has 0 aliphatic heterocycles. The molecule has 0 aliphatic carbocycles. The highest BCUT2D eigenvalue weighted by Crippen LogP contribution is 2.27. The Morgan fingerprint density at radius 3 is 2.70 bits per heavy atom. The average Bonchev–Trinajstić information content (AvgIpc) is 3.10. The fourth-order valence-electron chi connectivity index (χ4n) is 3.09. The van der Waals surface area contributed by atoms with Crippen LogP contribution in [0, 0.1) is 3.57 Å². The number of anilines is 1. The predicted molar refractivity (Wildman–Crippen MR) is 132 cm³/mol. The van der Waals surface area contributed by atoms with Crippen molar-refractivity contribution in [2.75, 3.05) is 11.1 Å². The van der Waals surface area contributed by atoms with E-state index in [1.807, 2.05) is 41.0 Å². The van der Waals surface area contributed by atoms with E-state index in [9.17, 15) is 4.79 Å². The third-order valence-corrected chi connectivity index (χ3v) is 6.19. The van der Waals surface area contributed by atoms with Crippen molar-refractivity contribution in [3.63, 3.8) is 0 Å². The number of benzene rings is 2. The fraction of sp³-hybridized carbons (Fsp3) is 0.261. The minimum absolute atomic E-state index is 0.0547. The SMILES string of the molecule is C=CCn1c(Cc2ccccc2)nnc1SCC(=O)Nc1ccc(I)cc1C(C)C. The molecule has 0 saturated heterocycles. The molecule has 0 bridgehead atoms. The highest BCUT2D eigenvalue weighted by molar-refractivity contribution is 14.1. The summed E-state index contributed by atoms with van der Waals surface area (Å²) in [4.78, 5) is 12.6. The molecule has 0 fully saturated rings. The summed E-state index contributed by atoms with van der Waals surface area (Å²) in [5.41, 5.74) is 3.18. The maximum Gasteiger partial charge on any atom is 0.234 e. The van der Waals surface area contributed by atoms with E-state index in [4.69, 9.17) is 0 Å². The molecule has 1 heterocycles. The van der Waals surface area contributed by atoms with Gasteiger partial charge in [0.25, 0.3) is 0 Å². The average molecular weight is 532 g/mol. The molecule has 3 aromatic rings. The maximum atomic E-state index is 12.6. The summed E-state index contributed by atoms with van der Waals surface area (Å²) < 4.78 is 3.18. The molecule has 1 amide bonds. The van der Waals surface area contributed by atoms with Crippen molar-refractivity contribution in [3.05, 3.63) is 81.7 Å². The van der Waals surface area contributed by atoms with Gasteiger partial charge in [0.05, 0.1) is 5.75 Å². The van der Waals surface area contributed by atoms with Crippen molar-refractivity contribution in [2.24, 2.45) is 0 Å². The summed E-state index contributed by atoms with van der Waals surface area (Å²) in [5, 5.41) is 12.4. The lowest BCUT2D eigenvalue weighted by molar-refractivity contribution is -0.113. The number of carbonyl (C=O) groups is 1. The van der Waals surface area contributed by atoms with E-state index in [-0.39, 0.29) is 11.7 Å². The number of nitrogens with one attached hydrogen (secondary N) is 1. The van der Waals surface area contributed by atoms with Gasteiger partial charge in [0.2, 0.25) is 5.91 Å². The van der Waals surface area contributed by atoms with Crippen LogP contribution in [-0.2, 0) is 17.8 Å². The van der Waals surface area contributed by atoms with Crippen LogP contribution in [0.2, 0.25) is 0 Å². The molecule has 2 aromatic carbocycles. The number of nitrogens with zero attached hydrogens (tertiary/aromatic N) is 3. The van der Waals surface area contributed by atoms with Gasteiger partial charge in [0.1, 0.15) is 5.82 Å². The molecule has 1 aromatic heterocycles. The zero-order valence-electron chi connectivity index (χ0n) is 17.1. The van der Waals surface area contributed by atoms with Crippen LogP contribution < -0.4 is 5.32 Å². The van der Waals surface area contributed by atoms with E-state index < -0.39 is 0 Å². The Morgan fingerprint density at radius 1 is 1.23 bits per heavy atom.